The lowest BCUT2D eigenvalue weighted by atomic mass is 9.85. The fourth-order valence-electron chi connectivity index (χ4n) is 2.16. The number of carbonyl (C=O) groups is 1. The Labute approximate surface area is 102 Å². The minimum atomic E-state index is -0.853. The summed E-state index contributed by atoms with van der Waals surface area (Å²) in [6.07, 6.45) is 5.51. The van der Waals surface area contributed by atoms with Gasteiger partial charge in [0.2, 0.25) is 0 Å². The van der Waals surface area contributed by atoms with E-state index in [0.717, 1.165) is 32.0 Å². The van der Waals surface area contributed by atoms with Crippen LogP contribution < -0.4 is 0 Å². The van der Waals surface area contributed by atoms with Crippen molar-refractivity contribution in [3.05, 3.63) is 35.4 Å². The Bertz CT molecular complexity index is 459. The van der Waals surface area contributed by atoms with Gasteiger partial charge in [0.25, 0.3) is 0 Å². The standard InChI is InChI=1S/C15H16O2/c16-12-14-7-3-2-6-13(14)8-11-15(17)9-4-1-5-10-15/h2-3,6-7,12,17H,1,4-5,9-10H2. The molecule has 0 atom stereocenters. The van der Waals surface area contributed by atoms with Crippen molar-refractivity contribution in [2.75, 3.05) is 0 Å². The second kappa shape index (κ2) is 5.16. The summed E-state index contributed by atoms with van der Waals surface area (Å²) in [4.78, 5) is 10.8. The van der Waals surface area contributed by atoms with Crippen LogP contribution in [0.1, 0.15) is 48.0 Å². The predicted octanol–water partition coefficient (Wildman–Crippen LogP) is 2.55. The molecule has 0 saturated heterocycles. The number of rotatable bonds is 1. The van der Waals surface area contributed by atoms with Crippen LogP contribution in [0, 0.1) is 11.8 Å². The third-order valence-corrected chi connectivity index (χ3v) is 3.20. The van der Waals surface area contributed by atoms with E-state index in [1.54, 1.807) is 6.07 Å². The molecule has 1 aliphatic carbocycles. The van der Waals surface area contributed by atoms with Gasteiger partial charge < -0.3 is 5.11 Å². The van der Waals surface area contributed by atoms with Crippen LogP contribution in [0.2, 0.25) is 0 Å². The van der Waals surface area contributed by atoms with E-state index < -0.39 is 5.60 Å². The zero-order valence-electron chi connectivity index (χ0n) is 9.78. The van der Waals surface area contributed by atoms with Crippen molar-refractivity contribution in [1.29, 1.82) is 0 Å². The summed E-state index contributed by atoms with van der Waals surface area (Å²) in [6, 6.07) is 7.21. The van der Waals surface area contributed by atoms with Gasteiger partial charge in [-0.1, -0.05) is 36.5 Å². The van der Waals surface area contributed by atoms with Crippen molar-refractivity contribution >= 4 is 6.29 Å². The first-order valence-corrected chi connectivity index (χ1v) is 6.03. The summed E-state index contributed by atoms with van der Waals surface area (Å²) in [5.74, 6) is 5.88. The molecule has 2 nitrogen and oxygen atoms in total. The van der Waals surface area contributed by atoms with Crippen LogP contribution in [0.3, 0.4) is 0 Å². The van der Waals surface area contributed by atoms with E-state index in [1.165, 1.54) is 6.42 Å². The largest absolute Gasteiger partial charge is 0.378 e. The molecule has 0 spiro atoms. The second-order valence-corrected chi connectivity index (χ2v) is 4.55. The average molecular weight is 228 g/mol. The first-order chi connectivity index (χ1) is 8.23. The molecule has 88 valence electrons. The topological polar surface area (TPSA) is 37.3 Å². The fourth-order valence-corrected chi connectivity index (χ4v) is 2.16. The van der Waals surface area contributed by atoms with E-state index in [4.69, 9.17) is 0 Å². The van der Waals surface area contributed by atoms with E-state index in [0.29, 0.717) is 11.1 Å². The molecule has 1 saturated carbocycles. The monoisotopic (exact) mass is 228 g/mol. The van der Waals surface area contributed by atoms with Crippen LogP contribution in [0.25, 0.3) is 0 Å². The van der Waals surface area contributed by atoms with E-state index >= 15 is 0 Å². The van der Waals surface area contributed by atoms with Gasteiger partial charge in [0.15, 0.2) is 6.29 Å². The lowest BCUT2D eigenvalue weighted by Gasteiger charge is -2.26. The van der Waals surface area contributed by atoms with Crippen LogP contribution in [0.15, 0.2) is 24.3 Å². The Morgan fingerprint density at radius 3 is 2.59 bits per heavy atom. The molecule has 0 aromatic heterocycles. The summed E-state index contributed by atoms with van der Waals surface area (Å²) >= 11 is 0. The highest BCUT2D eigenvalue weighted by atomic mass is 16.3. The van der Waals surface area contributed by atoms with Gasteiger partial charge in [-0.3, -0.25) is 4.79 Å². The zero-order chi connectivity index (χ0) is 12.1. The minimum Gasteiger partial charge on any atom is -0.378 e. The van der Waals surface area contributed by atoms with Crippen LogP contribution in [0.5, 0.6) is 0 Å². The highest BCUT2D eigenvalue weighted by Gasteiger charge is 2.26. The van der Waals surface area contributed by atoms with E-state index in [1.807, 2.05) is 18.2 Å². The molecule has 2 heteroatoms. The van der Waals surface area contributed by atoms with Gasteiger partial charge in [0.05, 0.1) is 0 Å². The molecule has 0 aliphatic heterocycles. The maximum absolute atomic E-state index is 10.8. The number of aldehydes is 1. The Kier molecular flexibility index (Phi) is 3.61. The zero-order valence-corrected chi connectivity index (χ0v) is 9.78. The smallest absolute Gasteiger partial charge is 0.151 e. The third-order valence-electron chi connectivity index (χ3n) is 3.20. The molecular formula is C15H16O2. The van der Waals surface area contributed by atoms with Gasteiger partial charge in [-0.15, -0.1) is 0 Å². The van der Waals surface area contributed by atoms with Crippen molar-refractivity contribution in [2.24, 2.45) is 0 Å². The third kappa shape index (κ3) is 2.95. The Balaban J connectivity index is 2.22. The highest BCUT2D eigenvalue weighted by Crippen LogP contribution is 2.27. The molecule has 1 aromatic rings. The van der Waals surface area contributed by atoms with Gasteiger partial charge in [-0.05, 0) is 31.7 Å². The van der Waals surface area contributed by atoms with E-state index in [-0.39, 0.29) is 0 Å². The first kappa shape index (κ1) is 11.9. The van der Waals surface area contributed by atoms with Gasteiger partial charge in [-0.25, -0.2) is 0 Å². The maximum atomic E-state index is 10.8. The Morgan fingerprint density at radius 1 is 1.18 bits per heavy atom. The summed E-state index contributed by atoms with van der Waals surface area (Å²) in [5.41, 5.74) is 0.426. The first-order valence-electron chi connectivity index (χ1n) is 6.03. The van der Waals surface area contributed by atoms with Gasteiger partial charge in [-0.2, -0.15) is 0 Å². The molecule has 0 amide bonds. The molecule has 0 radical (unpaired) electrons. The number of carbonyl (C=O) groups excluding carboxylic acids is 1. The molecule has 0 bridgehead atoms. The van der Waals surface area contributed by atoms with Crippen molar-refractivity contribution in [3.63, 3.8) is 0 Å². The van der Waals surface area contributed by atoms with Crippen molar-refractivity contribution < 1.29 is 9.90 Å². The highest BCUT2D eigenvalue weighted by molar-refractivity contribution is 5.79. The molecule has 0 heterocycles. The quantitative estimate of drug-likeness (QED) is 0.592. The van der Waals surface area contributed by atoms with Crippen LogP contribution in [0.4, 0.5) is 0 Å². The molecule has 0 unspecified atom stereocenters. The number of benzene rings is 1. The lowest BCUT2D eigenvalue weighted by molar-refractivity contribution is 0.0610. The predicted molar refractivity (Wildman–Crippen MR) is 66.7 cm³/mol. The summed E-state index contributed by atoms with van der Waals surface area (Å²) < 4.78 is 0. The van der Waals surface area contributed by atoms with Crippen LogP contribution in [-0.4, -0.2) is 17.0 Å². The summed E-state index contributed by atoms with van der Waals surface area (Å²) in [6.45, 7) is 0. The molecule has 17 heavy (non-hydrogen) atoms. The van der Waals surface area contributed by atoms with Gasteiger partial charge >= 0.3 is 0 Å². The summed E-state index contributed by atoms with van der Waals surface area (Å²) in [5, 5.41) is 10.2. The molecule has 1 aromatic carbocycles. The molecule has 2 rings (SSSR count). The molecule has 1 N–H and O–H groups in total. The Hall–Kier alpha value is -1.59. The number of aliphatic hydroxyl groups is 1. The average Bonchev–Trinajstić information content (AvgIpc) is 2.38. The Morgan fingerprint density at radius 2 is 1.88 bits per heavy atom. The van der Waals surface area contributed by atoms with Crippen LogP contribution >= 0.6 is 0 Å². The maximum Gasteiger partial charge on any atom is 0.151 e. The lowest BCUT2D eigenvalue weighted by Crippen LogP contribution is -2.29. The van der Waals surface area contributed by atoms with Crippen molar-refractivity contribution in [3.8, 4) is 11.8 Å². The van der Waals surface area contributed by atoms with E-state index in [2.05, 4.69) is 11.8 Å². The fraction of sp³-hybridized carbons (Fsp3) is 0.400. The van der Waals surface area contributed by atoms with E-state index in [9.17, 15) is 9.90 Å². The number of hydrogen-bond acceptors (Lipinski definition) is 2. The molecule has 1 aliphatic rings. The SMILES string of the molecule is O=Cc1ccccc1C#CC1(O)CCCCC1. The molecular weight excluding hydrogens is 212 g/mol. The van der Waals surface area contributed by atoms with Gasteiger partial charge in [0, 0.05) is 11.1 Å². The van der Waals surface area contributed by atoms with Gasteiger partial charge in [0.1, 0.15) is 5.60 Å². The minimum absolute atomic E-state index is 0.583. The molecule has 1 fully saturated rings. The van der Waals surface area contributed by atoms with Crippen LogP contribution in [-0.2, 0) is 0 Å². The van der Waals surface area contributed by atoms with Crippen molar-refractivity contribution in [1.82, 2.24) is 0 Å². The normalized spacial score (nSPS) is 17.9. The van der Waals surface area contributed by atoms with Crippen molar-refractivity contribution in [2.45, 2.75) is 37.7 Å². The summed E-state index contributed by atoms with van der Waals surface area (Å²) in [7, 11) is 0. The number of hydrogen-bond donors (Lipinski definition) is 1. The second-order valence-electron chi connectivity index (χ2n) is 4.55.